The zero-order chi connectivity index (χ0) is 15.2. The summed E-state index contributed by atoms with van der Waals surface area (Å²) in [4.78, 5) is 14.0. The van der Waals surface area contributed by atoms with Crippen LogP contribution in [0.2, 0.25) is 0 Å². The standard InChI is InChI=1S/C16H18N4O/c1-3-19(2)15-9-16(21)20(18-11-15)12-14(10-17)13-7-5-4-6-8-13/h4-9,11,14H,3,12H2,1-2H3. The van der Waals surface area contributed by atoms with E-state index in [1.165, 1.54) is 4.68 Å². The van der Waals surface area contributed by atoms with E-state index in [2.05, 4.69) is 11.2 Å². The summed E-state index contributed by atoms with van der Waals surface area (Å²) < 4.78 is 1.34. The molecular formula is C16H18N4O. The third-order valence-corrected chi connectivity index (χ3v) is 3.48. The Labute approximate surface area is 124 Å². The molecule has 0 fully saturated rings. The predicted octanol–water partition coefficient (Wildman–Crippen LogP) is 2.01. The lowest BCUT2D eigenvalue weighted by atomic mass is 10.0. The Kier molecular flexibility index (Phi) is 4.72. The zero-order valence-electron chi connectivity index (χ0n) is 12.2. The van der Waals surface area contributed by atoms with E-state index in [4.69, 9.17) is 0 Å². The van der Waals surface area contributed by atoms with Crippen LogP contribution < -0.4 is 10.5 Å². The Hall–Kier alpha value is -2.61. The average Bonchev–Trinajstić information content (AvgIpc) is 2.53. The minimum absolute atomic E-state index is 0.191. The molecule has 0 saturated heterocycles. The molecule has 0 saturated carbocycles. The first kappa shape index (κ1) is 14.8. The molecule has 1 aromatic heterocycles. The van der Waals surface area contributed by atoms with Crippen molar-refractivity contribution in [3.05, 3.63) is 58.5 Å². The van der Waals surface area contributed by atoms with E-state index in [0.29, 0.717) is 0 Å². The minimum Gasteiger partial charge on any atom is -0.373 e. The van der Waals surface area contributed by atoms with Crippen LogP contribution in [0.15, 0.2) is 47.4 Å². The van der Waals surface area contributed by atoms with Gasteiger partial charge in [-0.15, -0.1) is 0 Å². The van der Waals surface area contributed by atoms with E-state index >= 15 is 0 Å². The first-order valence-corrected chi connectivity index (χ1v) is 6.88. The molecule has 2 rings (SSSR count). The molecule has 0 aliphatic carbocycles. The summed E-state index contributed by atoms with van der Waals surface area (Å²) in [5.74, 6) is -0.383. The number of hydrogen-bond acceptors (Lipinski definition) is 4. The Morgan fingerprint density at radius 2 is 2.10 bits per heavy atom. The lowest BCUT2D eigenvalue weighted by molar-refractivity contribution is 0.547. The van der Waals surface area contributed by atoms with E-state index in [-0.39, 0.29) is 18.0 Å². The first-order valence-electron chi connectivity index (χ1n) is 6.88. The van der Waals surface area contributed by atoms with E-state index in [1.807, 2.05) is 49.2 Å². The van der Waals surface area contributed by atoms with Crippen LogP contribution in [-0.4, -0.2) is 23.4 Å². The van der Waals surface area contributed by atoms with Crippen molar-refractivity contribution in [2.75, 3.05) is 18.5 Å². The van der Waals surface area contributed by atoms with Gasteiger partial charge in [-0.1, -0.05) is 30.3 Å². The van der Waals surface area contributed by atoms with E-state index in [9.17, 15) is 10.1 Å². The summed E-state index contributed by atoms with van der Waals surface area (Å²) in [6, 6.07) is 13.2. The maximum Gasteiger partial charge on any atom is 0.268 e. The van der Waals surface area contributed by atoms with Crippen LogP contribution in [0, 0.1) is 11.3 Å². The summed E-state index contributed by atoms with van der Waals surface area (Å²) in [5, 5.41) is 13.5. The molecule has 1 atom stereocenters. The van der Waals surface area contributed by atoms with Gasteiger partial charge < -0.3 is 4.90 Å². The van der Waals surface area contributed by atoms with Crippen LogP contribution in [0.1, 0.15) is 18.4 Å². The molecule has 1 aromatic carbocycles. The Morgan fingerprint density at radius 1 is 1.38 bits per heavy atom. The molecule has 0 bridgehead atoms. The lowest BCUT2D eigenvalue weighted by Gasteiger charge is -2.17. The molecule has 21 heavy (non-hydrogen) atoms. The van der Waals surface area contributed by atoms with Crippen molar-refractivity contribution in [1.82, 2.24) is 9.78 Å². The van der Waals surface area contributed by atoms with Crippen molar-refractivity contribution in [3.63, 3.8) is 0 Å². The number of hydrogen-bond donors (Lipinski definition) is 0. The normalized spacial score (nSPS) is 11.7. The van der Waals surface area contributed by atoms with Gasteiger partial charge in [-0.2, -0.15) is 10.4 Å². The first-order chi connectivity index (χ1) is 10.2. The van der Waals surface area contributed by atoms with Gasteiger partial charge in [-0.25, -0.2) is 4.68 Å². The third kappa shape index (κ3) is 3.48. The van der Waals surface area contributed by atoms with Crippen LogP contribution in [-0.2, 0) is 6.54 Å². The predicted molar refractivity (Wildman–Crippen MR) is 82.2 cm³/mol. The fourth-order valence-electron chi connectivity index (χ4n) is 2.03. The number of benzene rings is 1. The second kappa shape index (κ2) is 6.71. The Bertz CT molecular complexity index is 687. The van der Waals surface area contributed by atoms with Gasteiger partial charge in [-0.05, 0) is 12.5 Å². The molecule has 0 N–H and O–H groups in total. The third-order valence-electron chi connectivity index (χ3n) is 3.48. The quantitative estimate of drug-likeness (QED) is 0.841. The van der Waals surface area contributed by atoms with Gasteiger partial charge in [-0.3, -0.25) is 4.79 Å². The average molecular weight is 282 g/mol. The maximum absolute atomic E-state index is 12.1. The fourth-order valence-corrected chi connectivity index (χ4v) is 2.03. The largest absolute Gasteiger partial charge is 0.373 e. The molecule has 0 radical (unpaired) electrons. The number of nitrogens with zero attached hydrogens (tertiary/aromatic N) is 4. The van der Waals surface area contributed by atoms with Gasteiger partial charge in [0.25, 0.3) is 5.56 Å². The second-order valence-corrected chi connectivity index (χ2v) is 4.84. The summed E-state index contributed by atoms with van der Waals surface area (Å²) in [5.41, 5.74) is 1.49. The van der Waals surface area contributed by atoms with Crippen molar-refractivity contribution < 1.29 is 0 Å². The minimum atomic E-state index is -0.383. The summed E-state index contributed by atoms with van der Waals surface area (Å²) in [6.45, 7) is 3.07. The van der Waals surface area contributed by atoms with Crippen LogP contribution in [0.25, 0.3) is 0 Å². The highest BCUT2D eigenvalue weighted by Gasteiger charge is 2.13. The Balaban J connectivity index is 2.23. The van der Waals surface area contributed by atoms with Crippen molar-refractivity contribution in [3.8, 4) is 6.07 Å². The van der Waals surface area contributed by atoms with Crippen LogP contribution in [0.3, 0.4) is 0 Å². The SMILES string of the molecule is CCN(C)c1cnn(CC(C#N)c2ccccc2)c(=O)c1. The maximum atomic E-state index is 12.1. The van der Waals surface area contributed by atoms with Gasteiger partial charge in [0, 0.05) is 19.7 Å². The van der Waals surface area contributed by atoms with Crippen molar-refractivity contribution in [2.45, 2.75) is 19.4 Å². The highest BCUT2D eigenvalue weighted by Crippen LogP contribution is 2.16. The molecule has 0 aliphatic heterocycles. The molecule has 5 heteroatoms. The number of anilines is 1. The molecule has 1 heterocycles. The molecular weight excluding hydrogens is 264 g/mol. The molecule has 0 aliphatic rings. The smallest absolute Gasteiger partial charge is 0.268 e. The van der Waals surface area contributed by atoms with Gasteiger partial charge in [0.05, 0.1) is 30.4 Å². The van der Waals surface area contributed by atoms with Gasteiger partial charge in [0.1, 0.15) is 0 Å². The number of aromatic nitrogens is 2. The topological polar surface area (TPSA) is 61.9 Å². The van der Waals surface area contributed by atoms with E-state index in [0.717, 1.165) is 17.8 Å². The van der Waals surface area contributed by atoms with Gasteiger partial charge in [0.15, 0.2) is 0 Å². The lowest BCUT2D eigenvalue weighted by Crippen LogP contribution is -2.27. The molecule has 0 amide bonds. The van der Waals surface area contributed by atoms with Crippen molar-refractivity contribution >= 4 is 5.69 Å². The summed E-state index contributed by atoms with van der Waals surface area (Å²) in [7, 11) is 1.91. The fraction of sp³-hybridized carbons (Fsp3) is 0.312. The Morgan fingerprint density at radius 3 is 2.67 bits per heavy atom. The van der Waals surface area contributed by atoms with Crippen LogP contribution in [0.5, 0.6) is 0 Å². The van der Waals surface area contributed by atoms with E-state index < -0.39 is 0 Å². The monoisotopic (exact) mass is 282 g/mol. The molecule has 5 nitrogen and oxygen atoms in total. The van der Waals surface area contributed by atoms with Gasteiger partial charge >= 0.3 is 0 Å². The molecule has 108 valence electrons. The number of nitriles is 1. The highest BCUT2D eigenvalue weighted by atomic mass is 16.1. The van der Waals surface area contributed by atoms with Crippen molar-refractivity contribution in [2.24, 2.45) is 0 Å². The highest BCUT2D eigenvalue weighted by molar-refractivity contribution is 5.41. The second-order valence-electron chi connectivity index (χ2n) is 4.84. The molecule has 1 unspecified atom stereocenters. The molecule has 2 aromatic rings. The summed E-state index contributed by atoms with van der Waals surface area (Å²) >= 11 is 0. The zero-order valence-corrected chi connectivity index (χ0v) is 12.2. The van der Waals surface area contributed by atoms with Gasteiger partial charge in [0.2, 0.25) is 0 Å². The molecule has 0 spiro atoms. The van der Waals surface area contributed by atoms with Crippen LogP contribution in [0.4, 0.5) is 5.69 Å². The van der Waals surface area contributed by atoms with E-state index in [1.54, 1.807) is 12.3 Å². The summed E-state index contributed by atoms with van der Waals surface area (Å²) in [6.07, 6.45) is 1.66. The van der Waals surface area contributed by atoms with Crippen LogP contribution >= 0.6 is 0 Å². The van der Waals surface area contributed by atoms with Crippen molar-refractivity contribution in [1.29, 1.82) is 5.26 Å². The number of rotatable bonds is 5.